The highest BCUT2D eigenvalue weighted by molar-refractivity contribution is 7.07. The Hall–Kier alpha value is -6.27. The number of carbonyl (C=O) groups excluding carboxylic acids is 3. The number of carbonyl (C=O) groups is 3. The number of rotatable bonds is 6. The Kier molecular flexibility index (Phi) is 7.54. The molecular formula is C42H32N4O7S. The molecule has 4 aromatic carbocycles. The van der Waals surface area contributed by atoms with Crippen LogP contribution in [0.25, 0.3) is 6.08 Å². The van der Waals surface area contributed by atoms with Crippen LogP contribution in [0.5, 0.6) is 0 Å². The third kappa shape index (κ3) is 4.49. The summed E-state index contributed by atoms with van der Waals surface area (Å²) in [7, 11) is 0. The Morgan fingerprint density at radius 3 is 2.22 bits per heavy atom. The minimum absolute atomic E-state index is 0.0679. The Balaban J connectivity index is 1.34. The number of anilines is 1. The van der Waals surface area contributed by atoms with Crippen LogP contribution in [0.2, 0.25) is 0 Å². The maximum absolute atomic E-state index is 15.0. The molecule has 0 N–H and O–H groups in total. The summed E-state index contributed by atoms with van der Waals surface area (Å²) >= 11 is 1.11. The average molecular weight is 737 g/mol. The van der Waals surface area contributed by atoms with Crippen molar-refractivity contribution >= 4 is 46.6 Å². The van der Waals surface area contributed by atoms with Crippen molar-refractivity contribution in [3.05, 3.63) is 172 Å². The van der Waals surface area contributed by atoms with Crippen LogP contribution in [-0.4, -0.2) is 33.9 Å². The Labute approximate surface area is 312 Å². The predicted octanol–water partition coefficient (Wildman–Crippen LogP) is 5.22. The summed E-state index contributed by atoms with van der Waals surface area (Å²) in [5.74, 6) is -3.31. The number of ether oxygens (including phenoxy) is 1. The lowest BCUT2D eigenvalue weighted by Gasteiger charge is -2.53. The van der Waals surface area contributed by atoms with Crippen molar-refractivity contribution in [2.45, 2.75) is 38.1 Å². The normalized spacial score (nSPS) is 23.8. The first-order valence-corrected chi connectivity index (χ1v) is 18.5. The maximum Gasteiger partial charge on any atom is 0.338 e. The minimum Gasteiger partial charge on any atom is -0.463 e. The second-order valence-corrected chi connectivity index (χ2v) is 15.0. The van der Waals surface area contributed by atoms with E-state index >= 15 is 4.79 Å². The third-order valence-electron chi connectivity index (χ3n) is 11.3. The zero-order valence-corrected chi connectivity index (χ0v) is 30.2. The van der Waals surface area contributed by atoms with Gasteiger partial charge in [-0.15, -0.1) is 0 Å². The van der Waals surface area contributed by atoms with E-state index < -0.39 is 39.7 Å². The van der Waals surface area contributed by atoms with Crippen LogP contribution >= 0.6 is 11.3 Å². The van der Waals surface area contributed by atoms with Crippen molar-refractivity contribution in [2.24, 2.45) is 16.8 Å². The molecule has 12 heteroatoms. The van der Waals surface area contributed by atoms with Crippen LogP contribution in [0.1, 0.15) is 59.2 Å². The summed E-state index contributed by atoms with van der Waals surface area (Å²) in [6, 6.07) is 28.1. The zero-order chi connectivity index (χ0) is 37.6. The summed E-state index contributed by atoms with van der Waals surface area (Å²) in [4.78, 5) is 75.9. The summed E-state index contributed by atoms with van der Waals surface area (Å²) in [6.45, 7) is 5.01. The first kappa shape index (κ1) is 33.6. The molecule has 0 radical (unpaired) electrons. The molecule has 0 spiro atoms. The number of amides is 2. The first-order valence-electron chi connectivity index (χ1n) is 17.7. The molecule has 3 heterocycles. The van der Waals surface area contributed by atoms with Crippen molar-refractivity contribution in [1.82, 2.24) is 4.57 Å². The fourth-order valence-corrected chi connectivity index (χ4v) is 10.3. The number of allylic oxidation sites excluding steroid dienone is 1. The number of aromatic nitrogens is 1. The van der Waals surface area contributed by atoms with Gasteiger partial charge in [-0.3, -0.25) is 29.1 Å². The molecule has 268 valence electrons. The number of hydrogen-bond acceptors (Lipinski definition) is 9. The summed E-state index contributed by atoms with van der Waals surface area (Å²) in [5, 5.41) is 12.1. The number of esters is 1. The van der Waals surface area contributed by atoms with Crippen molar-refractivity contribution in [3.8, 4) is 0 Å². The second kappa shape index (κ2) is 12.1. The van der Waals surface area contributed by atoms with E-state index in [0.717, 1.165) is 33.6 Å². The van der Waals surface area contributed by atoms with Crippen LogP contribution in [0, 0.1) is 28.9 Å². The Bertz CT molecular complexity index is 2670. The predicted molar refractivity (Wildman–Crippen MR) is 201 cm³/mol. The van der Waals surface area contributed by atoms with Gasteiger partial charge in [0.15, 0.2) is 4.80 Å². The lowest BCUT2D eigenvalue weighted by molar-refractivity contribution is -0.385. The van der Waals surface area contributed by atoms with Gasteiger partial charge in [0.1, 0.15) is 0 Å². The van der Waals surface area contributed by atoms with E-state index in [2.05, 4.69) is 0 Å². The number of fused-ring (bicyclic) bond motifs is 1. The SMILES string of the molecule is CCOC(=O)C1=C(C)N=c2s/c(=C/C34c5ccccc5C(c5ccccc53)[C@@H]3C(=O)N(c5ccccc5)C(=O)[C@H]34)c(=O)n2[C@H]1c1ccc(C)c([N+](=O)[O-])c1. The second-order valence-electron chi connectivity index (χ2n) is 14.0. The molecule has 3 aliphatic carbocycles. The van der Waals surface area contributed by atoms with E-state index in [1.165, 1.54) is 15.5 Å². The first-order chi connectivity index (χ1) is 26.1. The molecule has 2 aliphatic heterocycles. The standard InChI is InChI=1S/C42H32N4O7S/c1-4-53-40(50)32-23(3)43-41-45(36(32)24-19-18-22(2)30(20-24)46(51)52)37(47)31(54-41)21-42-28-16-10-8-14-26(28)33(27-15-9-11-17-29(27)42)34-35(42)39(49)44(38(34)48)25-12-6-5-7-13-25/h5-21,33-36H,4H2,1-3H3/b31-21+/t33?,34-,35-,36-,42?/m0/s1. The van der Waals surface area contributed by atoms with Gasteiger partial charge in [0, 0.05) is 17.5 Å². The van der Waals surface area contributed by atoms with Crippen LogP contribution in [0.3, 0.4) is 0 Å². The average Bonchev–Trinajstić information content (AvgIpc) is 3.62. The molecule has 11 nitrogen and oxygen atoms in total. The van der Waals surface area contributed by atoms with Gasteiger partial charge in [0.2, 0.25) is 11.8 Å². The Morgan fingerprint density at radius 1 is 0.926 bits per heavy atom. The minimum atomic E-state index is -1.24. The molecule has 1 aromatic heterocycles. The number of hydrogen-bond donors (Lipinski definition) is 0. The maximum atomic E-state index is 15.0. The number of para-hydroxylation sites is 1. The molecule has 2 amide bonds. The van der Waals surface area contributed by atoms with Crippen LogP contribution in [0.15, 0.2) is 118 Å². The van der Waals surface area contributed by atoms with Crippen LogP contribution in [-0.2, 0) is 24.5 Å². The molecule has 5 aliphatic rings. The van der Waals surface area contributed by atoms with Crippen molar-refractivity contribution in [2.75, 3.05) is 11.5 Å². The molecule has 3 atom stereocenters. The Morgan fingerprint density at radius 2 is 1.57 bits per heavy atom. The van der Waals surface area contributed by atoms with Crippen molar-refractivity contribution in [3.63, 3.8) is 0 Å². The fourth-order valence-electron chi connectivity index (χ4n) is 9.21. The molecule has 5 aromatic rings. The van der Waals surface area contributed by atoms with Gasteiger partial charge in [-0.1, -0.05) is 90.2 Å². The summed E-state index contributed by atoms with van der Waals surface area (Å²) < 4.78 is 7.08. The van der Waals surface area contributed by atoms with Gasteiger partial charge >= 0.3 is 5.97 Å². The highest BCUT2D eigenvalue weighted by Gasteiger charge is 2.67. The lowest BCUT2D eigenvalue weighted by atomic mass is 9.47. The number of nitro groups is 1. The van der Waals surface area contributed by atoms with Gasteiger partial charge in [0.05, 0.1) is 56.3 Å². The quantitative estimate of drug-likeness (QED) is 0.101. The topological polar surface area (TPSA) is 141 Å². The van der Waals surface area contributed by atoms with Crippen molar-refractivity contribution < 1.29 is 24.0 Å². The fraction of sp³-hybridized carbons (Fsp3) is 0.214. The van der Waals surface area contributed by atoms with Gasteiger partial charge < -0.3 is 4.74 Å². The third-order valence-corrected chi connectivity index (χ3v) is 12.3. The van der Waals surface area contributed by atoms with E-state index in [0.29, 0.717) is 22.5 Å². The monoisotopic (exact) mass is 736 g/mol. The number of thiazole rings is 1. The molecule has 1 fully saturated rings. The van der Waals surface area contributed by atoms with E-state index in [1.807, 2.05) is 60.7 Å². The number of benzene rings is 4. The van der Waals surface area contributed by atoms with Crippen LogP contribution < -0.4 is 19.8 Å². The highest BCUT2D eigenvalue weighted by atomic mass is 32.1. The summed E-state index contributed by atoms with van der Waals surface area (Å²) in [5.41, 5.74) is 3.30. The lowest BCUT2D eigenvalue weighted by Crippen LogP contribution is -2.53. The molecule has 2 bridgehead atoms. The van der Waals surface area contributed by atoms with E-state index in [1.54, 1.807) is 57.2 Å². The van der Waals surface area contributed by atoms with Crippen molar-refractivity contribution in [1.29, 1.82) is 0 Å². The molecule has 0 unspecified atom stereocenters. The van der Waals surface area contributed by atoms with E-state index in [9.17, 15) is 24.5 Å². The van der Waals surface area contributed by atoms with Gasteiger partial charge in [0.25, 0.3) is 11.2 Å². The molecule has 10 rings (SSSR count). The smallest absolute Gasteiger partial charge is 0.338 e. The molecule has 0 saturated carbocycles. The highest BCUT2D eigenvalue weighted by Crippen LogP contribution is 2.65. The molecular weight excluding hydrogens is 705 g/mol. The van der Waals surface area contributed by atoms with Gasteiger partial charge in [-0.05, 0) is 66.8 Å². The molecule has 54 heavy (non-hydrogen) atoms. The largest absolute Gasteiger partial charge is 0.463 e. The molecule has 1 saturated heterocycles. The van der Waals surface area contributed by atoms with E-state index in [-0.39, 0.29) is 44.9 Å². The number of nitrogens with zero attached hydrogens (tertiary/aromatic N) is 4. The number of nitro benzene ring substituents is 1. The van der Waals surface area contributed by atoms with Gasteiger partial charge in [-0.2, -0.15) is 0 Å². The summed E-state index contributed by atoms with van der Waals surface area (Å²) in [6.07, 6.45) is 1.83. The van der Waals surface area contributed by atoms with Gasteiger partial charge in [-0.25, -0.2) is 14.7 Å². The zero-order valence-electron chi connectivity index (χ0n) is 29.4. The van der Waals surface area contributed by atoms with E-state index in [4.69, 9.17) is 9.73 Å². The number of aryl methyl sites for hydroxylation is 1. The van der Waals surface area contributed by atoms with Crippen LogP contribution in [0.4, 0.5) is 11.4 Å². The number of imide groups is 1.